The minimum atomic E-state index is -0.419. The molecule has 0 aromatic rings. The Morgan fingerprint density at radius 3 is 2.38 bits per heavy atom. The topological polar surface area (TPSA) is 64.3 Å². The van der Waals surface area contributed by atoms with Gasteiger partial charge in [0, 0.05) is 12.1 Å². The number of rotatable bonds is 1. The van der Waals surface area contributed by atoms with E-state index in [0.717, 1.165) is 12.8 Å². The van der Waals surface area contributed by atoms with Crippen LogP contribution in [0.3, 0.4) is 0 Å². The second kappa shape index (κ2) is 3.91. The molecule has 0 saturated heterocycles. The van der Waals surface area contributed by atoms with Gasteiger partial charge in [0.05, 0.1) is 0 Å². The molecular formula is C12H22N2O2. The van der Waals surface area contributed by atoms with Crippen LogP contribution >= 0.6 is 0 Å². The van der Waals surface area contributed by atoms with Crippen molar-refractivity contribution >= 4 is 6.09 Å². The summed E-state index contributed by atoms with van der Waals surface area (Å²) in [6.07, 6.45) is 2.94. The summed E-state index contributed by atoms with van der Waals surface area (Å²) in [5.41, 5.74) is 5.55. The highest BCUT2D eigenvalue weighted by Gasteiger charge is 2.45. The van der Waals surface area contributed by atoms with Crippen LogP contribution in [0.4, 0.5) is 4.79 Å². The highest BCUT2D eigenvalue weighted by molar-refractivity contribution is 5.68. The van der Waals surface area contributed by atoms with Crippen molar-refractivity contribution in [3.8, 4) is 0 Å². The molecular weight excluding hydrogens is 204 g/mol. The van der Waals surface area contributed by atoms with Crippen molar-refractivity contribution in [2.75, 3.05) is 0 Å². The van der Waals surface area contributed by atoms with E-state index in [1.807, 2.05) is 20.8 Å². The quantitative estimate of drug-likeness (QED) is 0.714. The fourth-order valence-corrected chi connectivity index (χ4v) is 2.96. The van der Waals surface area contributed by atoms with Crippen molar-refractivity contribution in [2.24, 2.45) is 17.6 Å². The van der Waals surface area contributed by atoms with Gasteiger partial charge in [-0.1, -0.05) is 0 Å². The molecule has 0 aromatic carbocycles. The van der Waals surface area contributed by atoms with Gasteiger partial charge in [0.15, 0.2) is 0 Å². The van der Waals surface area contributed by atoms with Gasteiger partial charge >= 0.3 is 6.09 Å². The fourth-order valence-electron chi connectivity index (χ4n) is 2.96. The van der Waals surface area contributed by atoms with Crippen LogP contribution in [-0.2, 0) is 4.74 Å². The van der Waals surface area contributed by atoms with Gasteiger partial charge in [-0.15, -0.1) is 0 Å². The summed E-state index contributed by atoms with van der Waals surface area (Å²) in [5, 5.41) is 2.97. The number of carbonyl (C=O) groups is 1. The lowest BCUT2D eigenvalue weighted by atomic mass is 9.92. The third-order valence-corrected chi connectivity index (χ3v) is 3.61. The fraction of sp³-hybridized carbons (Fsp3) is 0.917. The van der Waals surface area contributed by atoms with E-state index < -0.39 is 5.60 Å². The van der Waals surface area contributed by atoms with E-state index in [9.17, 15) is 4.79 Å². The molecule has 1 amide bonds. The normalized spacial score (nSPS) is 37.5. The molecule has 2 aliphatic rings. The van der Waals surface area contributed by atoms with Crippen LogP contribution < -0.4 is 11.1 Å². The summed E-state index contributed by atoms with van der Waals surface area (Å²) in [5.74, 6) is 1.16. The highest BCUT2D eigenvalue weighted by Crippen LogP contribution is 2.43. The van der Waals surface area contributed by atoms with Crippen LogP contribution in [0.25, 0.3) is 0 Å². The maximum atomic E-state index is 11.6. The lowest BCUT2D eigenvalue weighted by molar-refractivity contribution is 0.0485. The zero-order chi connectivity index (χ0) is 11.9. The Labute approximate surface area is 96.9 Å². The van der Waals surface area contributed by atoms with Crippen molar-refractivity contribution < 1.29 is 9.53 Å². The second-order valence-corrected chi connectivity index (χ2v) is 6.14. The van der Waals surface area contributed by atoms with Crippen LogP contribution in [0, 0.1) is 11.8 Å². The maximum absolute atomic E-state index is 11.6. The van der Waals surface area contributed by atoms with Gasteiger partial charge < -0.3 is 15.8 Å². The molecule has 4 heteroatoms. The number of carbonyl (C=O) groups excluding carboxylic acids is 1. The van der Waals surface area contributed by atoms with Crippen molar-refractivity contribution in [3.63, 3.8) is 0 Å². The van der Waals surface area contributed by atoms with Gasteiger partial charge in [-0.25, -0.2) is 4.79 Å². The molecule has 0 unspecified atom stereocenters. The lowest BCUT2D eigenvalue weighted by Crippen LogP contribution is -2.44. The van der Waals surface area contributed by atoms with Crippen molar-refractivity contribution in [1.29, 1.82) is 0 Å². The second-order valence-electron chi connectivity index (χ2n) is 6.14. The third kappa shape index (κ3) is 2.48. The molecule has 92 valence electrons. The molecule has 4 atom stereocenters. The number of nitrogens with one attached hydrogen (secondary N) is 1. The predicted octanol–water partition coefficient (Wildman–Crippen LogP) is 1.64. The van der Waals surface area contributed by atoms with E-state index in [4.69, 9.17) is 10.5 Å². The van der Waals surface area contributed by atoms with Crippen molar-refractivity contribution in [2.45, 2.75) is 57.7 Å². The average Bonchev–Trinajstić information content (AvgIpc) is 2.58. The summed E-state index contributed by atoms with van der Waals surface area (Å²) in [4.78, 5) is 11.6. The van der Waals surface area contributed by atoms with Gasteiger partial charge in [-0.05, 0) is 51.9 Å². The Balaban J connectivity index is 1.82. The zero-order valence-electron chi connectivity index (χ0n) is 10.3. The van der Waals surface area contributed by atoms with Crippen LogP contribution in [0.1, 0.15) is 40.0 Å². The van der Waals surface area contributed by atoms with Gasteiger partial charge in [0.1, 0.15) is 5.60 Å². The summed E-state index contributed by atoms with van der Waals surface area (Å²) in [7, 11) is 0. The van der Waals surface area contributed by atoms with Crippen LogP contribution in [0.15, 0.2) is 0 Å². The molecule has 2 bridgehead atoms. The number of hydrogen-bond donors (Lipinski definition) is 2. The van der Waals surface area contributed by atoms with Crippen LogP contribution in [-0.4, -0.2) is 23.8 Å². The Hall–Kier alpha value is -0.770. The minimum absolute atomic E-state index is 0.277. The molecule has 0 spiro atoms. The summed E-state index contributed by atoms with van der Waals surface area (Å²) >= 11 is 0. The van der Waals surface area contributed by atoms with Gasteiger partial charge in [0.2, 0.25) is 0 Å². The summed E-state index contributed by atoms with van der Waals surface area (Å²) in [6.45, 7) is 5.63. The average molecular weight is 226 g/mol. The SMILES string of the molecule is CC(C)(C)OC(=O)N[C@H]1C[C@@H]2C[C@H]1C[C@@H]2N. The summed E-state index contributed by atoms with van der Waals surface area (Å²) in [6, 6.07) is 0.626. The first-order chi connectivity index (χ1) is 7.35. The predicted molar refractivity (Wildman–Crippen MR) is 62.0 cm³/mol. The van der Waals surface area contributed by atoms with Crippen molar-refractivity contribution in [1.82, 2.24) is 5.32 Å². The molecule has 2 saturated carbocycles. The molecule has 0 radical (unpaired) electrons. The maximum Gasteiger partial charge on any atom is 0.407 e. The van der Waals surface area contributed by atoms with Crippen LogP contribution in [0.5, 0.6) is 0 Å². The Morgan fingerprint density at radius 2 is 1.94 bits per heavy atom. The molecule has 16 heavy (non-hydrogen) atoms. The number of ether oxygens (including phenoxy) is 1. The minimum Gasteiger partial charge on any atom is -0.444 e. The number of amides is 1. The van der Waals surface area contributed by atoms with Gasteiger partial charge in [0.25, 0.3) is 0 Å². The van der Waals surface area contributed by atoms with E-state index in [0.29, 0.717) is 17.9 Å². The zero-order valence-corrected chi connectivity index (χ0v) is 10.3. The van der Waals surface area contributed by atoms with E-state index >= 15 is 0 Å². The Morgan fingerprint density at radius 1 is 1.25 bits per heavy atom. The molecule has 2 fully saturated rings. The van der Waals surface area contributed by atoms with Crippen molar-refractivity contribution in [3.05, 3.63) is 0 Å². The van der Waals surface area contributed by atoms with E-state index in [-0.39, 0.29) is 12.1 Å². The van der Waals surface area contributed by atoms with Crippen LogP contribution in [0.2, 0.25) is 0 Å². The molecule has 3 N–H and O–H groups in total. The number of nitrogens with two attached hydrogens (primary N) is 1. The standard InChI is InChI=1S/C12H22N2O2/c1-12(2,3)16-11(15)14-10-6-7-4-8(10)5-9(7)13/h7-10H,4-6,13H2,1-3H3,(H,14,15)/t7-,8-,9-,10-/m0/s1. The van der Waals surface area contributed by atoms with E-state index in [1.165, 1.54) is 6.42 Å². The Bertz CT molecular complexity index is 283. The first-order valence-electron chi connectivity index (χ1n) is 6.10. The summed E-state index contributed by atoms with van der Waals surface area (Å²) < 4.78 is 5.25. The number of alkyl carbamates (subject to hydrolysis) is 1. The molecule has 2 aliphatic carbocycles. The van der Waals surface area contributed by atoms with Gasteiger partial charge in [-0.2, -0.15) is 0 Å². The first kappa shape index (κ1) is 11.7. The van der Waals surface area contributed by atoms with E-state index in [1.54, 1.807) is 0 Å². The molecule has 2 rings (SSSR count). The smallest absolute Gasteiger partial charge is 0.407 e. The molecule has 0 aliphatic heterocycles. The third-order valence-electron chi connectivity index (χ3n) is 3.61. The van der Waals surface area contributed by atoms with E-state index in [2.05, 4.69) is 5.32 Å². The number of hydrogen-bond acceptors (Lipinski definition) is 3. The lowest BCUT2D eigenvalue weighted by Gasteiger charge is -2.28. The molecule has 4 nitrogen and oxygen atoms in total. The highest BCUT2D eigenvalue weighted by atomic mass is 16.6. The monoisotopic (exact) mass is 226 g/mol. The Kier molecular flexibility index (Phi) is 2.86. The first-order valence-corrected chi connectivity index (χ1v) is 6.10. The molecule has 0 heterocycles. The largest absolute Gasteiger partial charge is 0.444 e. The number of fused-ring (bicyclic) bond motifs is 2. The molecule has 0 aromatic heterocycles. The van der Waals surface area contributed by atoms with Gasteiger partial charge in [-0.3, -0.25) is 0 Å².